The Morgan fingerprint density at radius 1 is 0.882 bits per heavy atom. The summed E-state index contributed by atoms with van der Waals surface area (Å²) in [6.45, 7) is 13.4. The van der Waals surface area contributed by atoms with Gasteiger partial charge in [0.1, 0.15) is 12.7 Å². The Kier molecular flexibility index (Phi) is 11.0. The zero-order valence-electron chi connectivity index (χ0n) is 21.3. The van der Waals surface area contributed by atoms with Crippen molar-refractivity contribution < 1.29 is 42.5 Å². The zero-order chi connectivity index (χ0) is 25.6. The van der Waals surface area contributed by atoms with Crippen LogP contribution in [0.5, 0.6) is 0 Å². The number of aliphatic hydroxyl groups is 1. The summed E-state index contributed by atoms with van der Waals surface area (Å²) in [6, 6.07) is -0.331. The predicted molar refractivity (Wildman–Crippen MR) is 125 cm³/mol. The van der Waals surface area contributed by atoms with Crippen molar-refractivity contribution >= 4 is 20.0 Å². The summed E-state index contributed by atoms with van der Waals surface area (Å²) in [5, 5.41) is 12.5. The van der Waals surface area contributed by atoms with Crippen LogP contribution in [0.4, 0.5) is 0 Å². The van der Waals surface area contributed by atoms with Crippen LogP contribution >= 0.6 is 7.60 Å². The topological polar surface area (TPSA) is 130 Å². The van der Waals surface area contributed by atoms with E-state index in [2.05, 4.69) is 26.1 Å². The molecule has 0 saturated carbocycles. The largest absolute Gasteiger partial charge is 0.465 e. The van der Waals surface area contributed by atoms with E-state index in [1.54, 1.807) is 0 Å². The maximum atomic E-state index is 13.0. The lowest BCUT2D eigenvalue weighted by Crippen LogP contribution is -2.58. The van der Waals surface area contributed by atoms with Crippen LogP contribution in [0.3, 0.4) is 0 Å². The molecule has 0 radical (unpaired) electrons. The van der Waals surface area contributed by atoms with Crippen molar-refractivity contribution in [2.75, 3.05) is 33.1 Å². The van der Waals surface area contributed by atoms with Gasteiger partial charge in [0.05, 0.1) is 44.2 Å². The van der Waals surface area contributed by atoms with Gasteiger partial charge in [-0.2, -0.15) is 0 Å². The van der Waals surface area contributed by atoms with E-state index in [9.17, 15) is 19.3 Å². The van der Waals surface area contributed by atoms with E-state index in [0.717, 1.165) is 0 Å². The number of carbonyl (C=O) groups excluding carboxylic acids is 2. The second-order valence-corrected chi connectivity index (χ2v) is 12.0. The van der Waals surface area contributed by atoms with Crippen molar-refractivity contribution in [2.45, 2.75) is 72.0 Å². The van der Waals surface area contributed by atoms with E-state index < -0.39 is 19.8 Å². The lowest BCUT2D eigenvalue weighted by atomic mass is 9.77. The molecule has 0 aliphatic carbocycles. The van der Waals surface area contributed by atoms with Crippen LogP contribution in [-0.2, 0) is 37.4 Å². The molecule has 2 rings (SSSR count). The number of amides is 1. The van der Waals surface area contributed by atoms with Gasteiger partial charge in [-0.3, -0.25) is 14.2 Å². The van der Waals surface area contributed by atoms with E-state index >= 15 is 0 Å². The molecule has 2 aliphatic rings. The Labute approximate surface area is 202 Å². The van der Waals surface area contributed by atoms with Crippen molar-refractivity contribution in [1.82, 2.24) is 5.32 Å². The van der Waals surface area contributed by atoms with Crippen LogP contribution in [0.25, 0.3) is 0 Å². The predicted octanol–water partition coefficient (Wildman–Crippen LogP) is 2.23. The third-order valence-electron chi connectivity index (χ3n) is 7.74. The Hall–Kier alpha value is -1.03. The van der Waals surface area contributed by atoms with Crippen molar-refractivity contribution in [3.63, 3.8) is 0 Å². The molecule has 7 unspecified atom stereocenters. The standard InChI is InChI=1S/C23H42NO9P/c1-13-14(2)19(8-25)32-20(15(13)3)10-30-34(7,28)31-11-21-16(4)17(5)23(24-18(6)27)22(33-21)9-29-12-26/h12-17,19-23,25H,8-11H2,1-7H3,(H,24,27)/t13?,14?,15?,16?,17?,19-,20+,21-,22+,23?,34?/m1/s1. The molecule has 2 heterocycles. The Morgan fingerprint density at radius 3 is 1.88 bits per heavy atom. The Morgan fingerprint density at radius 2 is 1.38 bits per heavy atom. The van der Waals surface area contributed by atoms with Gasteiger partial charge in [-0.05, 0) is 29.6 Å². The molecule has 1 amide bonds. The summed E-state index contributed by atoms with van der Waals surface area (Å²) in [6.07, 6.45) is -1.56. The van der Waals surface area contributed by atoms with Gasteiger partial charge in [0.2, 0.25) is 5.91 Å². The molecule has 0 spiro atoms. The number of rotatable bonds is 11. The second kappa shape index (κ2) is 12.8. The lowest BCUT2D eigenvalue weighted by molar-refractivity contribution is -0.164. The fourth-order valence-corrected chi connectivity index (χ4v) is 5.76. The molecule has 11 atom stereocenters. The molecule has 10 nitrogen and oxygen atoms in total. The van der Waals surface area contributed by atoms with Crippen LogP contribution < -0.4 is 5.32 Å². The van der Waals surface area contributed by atoms with E-state index in [1.807, 2.05) is 13.8 Å². The van der Waals surface area contributed by atoms with Gasteiger partial charge in [0, 0.05) is 13.6 Å². The van der Waals surface area contributed by atoms with Crippen molar-refractivity contribution in [1.29, 1.82) is 0 Å². The van der Waals surface area contributed by atoms with Crippen LogP contribution in [0.15, 0.2) is 0 Å². The van der Waals surface area contributed by atoms with Crippen molar-refractivity contribution in [3.8, 4) is 0 Å². The van der Waals surface area contributed by atoms with Gasteiger partial charge in [-0.15, -0.1) is 0 Å². The second-order valence-electron chi connectivity index (χ2n) is 9.92. The molecule has 0 bridgehead atoms. The first-order valence-corrected chi connectivity index (χ1v) is 14.0. The summed E-state index contributed by atoms with van der Waals surface area (Å²) in [5.74, 6) is 0.473. The molecule has 34 heavy (non-hydrogen) atoms. The monoisotopic (exact) mass is 507 g/mol. The molecular formula is C23H42NO9P. The van der Waals surface area contributed by atoms with Gasteiger partial charge in [0.25, 0.3) is 6.47 Å². The minimum Gasteiger partial charge on any atom is -0.465 e. The van der Waals surface area contributed by atoms with Gasteiger partial charge in [-0.1, -0.05) is 34.6 Å². The van der Waals surface area contributed by atoms with Gasteiger partial charge in [0.15, 0.2) is 0 Å². The smallest absolute Gasteiger partial charge is 0.327 e. The molecule has 2 saturated heterocycles. The van der Waals surface area contributed by atoms with Crippen molar-refractivity contribution in [3.05, 3.63) is 0 Å². The SMILES string of the molecule is CC(=O)NC1C(C)C(C)[C@@H](COP(C)(=O)OC[C@@H]2O[C@H](CO)C(C)C(C)C2C)O[C@H]1COC=O. The minimum atomic E-state index is -3.42. The Bertz CT molecular complexity index is 721. The molecule has 198 valence electrons. The number of hydrogen-bond acceptors (Lipinski definition) is 9. The molecule has 0 aromatic carbocycles. The highest BCUT2D eigenvalue weighted by atomic mass is 31.2. The first kappa shape index (κ1) is 29.2. The molecule has 11 heteroatoms. The number of ether oxygens (including phenoxy) is 3. The van der Waals surface area contributed by atoms with Crippen LogP contribution in [0, 0.1) is 29.6 Å². The number of aliphatic hydroxyl groups excluding tert-OH is 1. The number of carbonyl (C=O) groups is 2. The third kappa shape index (κ3) is 7.48. The van der Waals surface area contributed by atoms with E-state index in [4.69, 9.17) is 23.3 Å². The summed E-state index contributed by atoms with van der Waals surface area (Å²) in [7, 11) is -3.42. The molecule has 0 aromatic rings. The highest BCUT2D eigenvalue weighted by molar-refractivity contribution is 7.52. The average Bonchev–Trinajstić information content (AvgIpc) is 2.78. The van der Waals surface area contributed by atoms with Crippen LogP contribution in [0.2, 0.25) is 0 Å². The van der Waals surface area contributed by atoms with Crippen LogP contribution in [-0.4, -0.2) is 81.0 Å². The first-order chi connectivity index (χ1) is 15.9. The fraction of sp³-hybridized carbons (Fsp3) is 0.913. The molecule has 2 fully saturated rings. The first-order valence-electron chi connectivity index (χ1n) is 12.0. The molecule has 2 aliphatic heterocycles. The maximum Gasteiger partial charge on any atom is 0.327 e. The van der Waals surface area contributed by atoms with Crippen LogP contribution in [0.1, 0.15) is 41.5 Å². The minimum absolute atomic E-state index is 0.000886. The van der Waals surface area contributed by atoms with Gasteiger partial charge >= 0.3 is 7.60 Å². The van der Waals surface area contributed by atoms with E-state index in [0.29, 0.717) is 12.4 Å². The summed E-state index contributed by atoms with van der Waals surface area (Å²) in [4.78, 5) is 22.3. The summed E-state index contributed by atoms with van der Waals surface area (Å²) < 4.78 is 41.4. The molecular weight excluding hydrogens is 465 g/mol. The average molecular weight is 508 g/mol. The highest BCUT2D eigenvalue weighted by Gasteiger charge is 2.43. The number of hydrogen-bond donors (Lipinski definition) is 2. The highest BCUT2D eigenvalue weighted by Crippen LogP contribution is 2.46. The quantitative estimate of drug-likeness (QED) is 0.319. The van der Waals surface area contributed by atoms with Crippen molar-refractivity contribution in [2.24, 2.45) is 29.6 Å². The Balaban J connectivity index is 1.96. The maximum absolute atomic E-state index is 13.0. The lowest BCUT2D eigenvalue weighted by Gasteiger charge is -2.45. The van der Waals surface area contributed by atoms with E-state index in [-0.39, 0.29) is 74.3 Å². The molecule has 0 aromatic heterocycles. The fourth-order valence-electron chi connectivity index (χ4n) is 4.85. The number of nitrogens with one attached hydrogen (secondary N) is 1. The normalized spacial score (nSPS) is 40.2. The van der Waals surface area contributed by atoms with Gasteiger partial charge < -0.3 is 33.7 Å². The van der Waals surface area contributed by atoms with Gasteiger partial charge in [-0.25, -0.2) is 0 Å². The summed E-state index contributed by atoms with van der Waals surface area (Å²) >= 11 is 0. The van der Waals surface area contributed by atoms with E-state index in [1.165, 1.54) is 13.6 Å². The summed E-state index contributed by atoms with van der Waals surface area (Å²) in [5.41, 5.74) is 0. The zero-order valence-corrected chi connectivity index (χ0v) is 22.2. The third-order valence-corrected chi connectivity index (χ3v) is 8.97. The molecule has 2 N–H and O–H groups in total.